The average Bonchev–Trinajstić information content (AvgIpc) is 2.80. The zero-order valence-electron chi connectivity index (χ0n) is 17.4. The Labute approximate surface area is 180 Å². The lowest BCUT2D eigenvalue weighted by atomic mass is 9.73. The van der Waals surface area contributed by atoms with Gasteiger partial charge in [-0.05, 0) is 61.9 Å². The summed E-state index contributed by atoms with van der Waals surface area (Å²) in [4.78, 5) is 15.8. The van der Waals surface area contributed by atoms with Gasteiger partial charge in [0.15, 0.2) is 0 Å². The standard InChI is InChI=1S/C24H27F3N2O2/c25-24(26,27)19-7-4-6-18(16-19)23(10-14-31-15-11-23)22(30)28-20-8-5-9-21(17-20)29-12-2-1-3-13-29/h4-9,16-17H,1-3,10-15H2,(H,28,30). The normalized spacial score (nSPS) is 19.1. The molecule has 2 heterocycles. The van der Waals surface area contributed by atoms with Gasteiger partial charge in [-0.1, -0.05) is 24.3 Å². The minimum atomic E-state index is -4.46. The number of nitrogens with one attached hydrogen (secondary N) is 1. The topological polar surface area (TPSA) is 41.6 Å². The van der Waals surface area contributed by atoms with Gasteiger partial charge in [-0.25, -0.2) is 0 Å². The number of piperidine rings is 1. The van der Waals surface area contributed by atoms with Crippen LogP contribution in [0.15, 0.2) is 48.5 Å². The van der Waals surface area contributed by atoms with Gasteiger partial charge in [-0.3, -0.25) is 4.79 Å². The molecule has 0 spiro atoms. The second-order valence-electron chi connectivity index (χ2n) is 8.33. The monoisotopic (exact) mass is 432 g/mol. The highest BCUT2D eigenvalue weighted by atomic mass is 19.4. The van der Waals surface area contributed by atoms with Crippen molar-refractivity contribution in [2.75, 3.05) is 36.5 Å². The van der Waals surface area contributed by atoms with Crippen LogP contribution in [-0.4, -0.2) is 32.2 Å². The fourth-order valence-electron chi connectivity index (χ4n) is 4.54. The highest BCUT2D eigenvalue weighted by molar-refractivity contribution is 5.99. The van der Waals surface area contributed by atoms with Crippen molar-refractivity contribution < 1.29 is 22.7 Å². The molecule has 7 heteroatoms. The van der Waals surface area contributed by atoms with Crippen LogP contribution in [0.2, 0.25) is 0 Å². The van der Waals surface area contributed by atoms with Crippen LogP contribution in [0.3, 0.4) is 0 Å². The van der Waals surface area contributed by atoms with E-state index < -0.39 is 17.2 Å². The average molecular weight is 432 g/mol. The summed E-state index contributed by atoms with van der Waals surface area (Å²) in [6.45, 7) is 2.64. The van der Waals surface area contributed by atoms with E-state index in [1.54, 1.807) is 6.07 Å². The molecule has 0 aromatic heterocycles. The third kappa shape index (κ3) is 4.71. The minimum absolute atomic E-state index is 0.286. The molecule has 31 heavy (non-hydrogen) atoms. The first-order chi connectivity index (χ1) is 14.9. The van der Waals surface area contributed by atoms with E-state index in [4.69, 9.17) is 4.74 Å². The number of hydrogen-bond acceptors (Lipinski definition) is 3. The van der Waals surface area contributed by atoms with Gasteiger partial charge >= 0.3 is 6.18 Å². The molecule has 1 amide bonds. The largest absolute Gasteiger partial charge is 0.416 e. The predicted molar refractivity (Wildman–Crippen MR) is 114 cm³/mol. The van der Waals surface area contributed by atoms with Crippen LogP contribution >= 0.6 is 0 Å². The van der Waals surface area contributed by atoms with Crippen molar-refractivity contribution in [3.05, 3.63) is 59.7 Å². The Morgan fingerprint density at radius 2 is 1.68 bits per heavy atom. The number of rotatable bonds is 4. The lowest BCUT2D eigenvalue weighted by molar-refractivity contribution is -0.138. The maximum Gasteiger partial charge on any atom is 0.416 e. The molecule has 2 fully saturated rings. The van der Waals surface area contributed by atoms with Gasteiger partial charge in [0.1, 0.15) is 0 Å². The zero-order valence-corrected chi connectivity index (χ0v) is 17.4. The number of halogens is 3. The Hall–Kier alpha value is -2.54. The molecular weight excluding hydrogens is 405 g/mol. The van der Waals surface area contributed by atoms with Gasteiger partial charge in [0.05, 0.1) is 11.0 Å². The molecular formula is C24H27F3N2O2. The fourth-order valence-corrected chi connectivity index (χ4v) is 4.54. The molecule has 2 aromatic carbocycles. The van der Waals surface area contributed by atoms with E-state index >= 15 is 0 Å². The first kappa shape index (κ1) is 21.7. The summed E-state index contributed by atoms with van der Waals surface area (Å²) in [6, 6.07) is 12.8. The van der Waals surface area contributed by atoms with Crippen LogP contribution in [0.25, 0.3) is 0 Å². The van der Waals surface area contributed by atoms with Crippen LogP contribution < -0.4 is 10.2 Å². The highest BCUT2D eigenvalue weighted by Gasteiger charge is 2.43. The second kappa shape index (κ2) is 8.91. The Morgan fingerprint density at radius 3 is 2.39 bits per heavy atom. The van der Waals surface area contributed by atoms with E-state index in [1.165, 1.54) is 12.5 Å². The SMILES string of the molecule is O=C(Nc1cccc(N2CCCCC2)c1)C1(c2cccc(C(F)(F)F)c2)CCOCC1. The number of benzene rings is 2. The van der Waals surface area contributed by atoms with Crippen molar-refractivity contribution in [1.82, 2.24) is 0 Å². The predicted octanol–water partition coefficient (Wildman–Crippen LogP) is 5.38. The summed E-state index contributed by atoms with van der Waals surface area (Å²) < 4.78 is 45.3. The van der Waals surface area contributed by atoms with Gasteiger partial charge in [-0.2, -0.15) is 13.2 Å². The summed E-state index contributed by atoms with van der Waals surface area (Å²) in [5.74, 6) is -0.286. The van der Waals surface area contributed by atoms with Crippen LogP contribution in [0.1, 0.15) is 43.2 Å². The highest BCUT2D eigenvalue weighted by Crippen LogP contribution is 2.39. The van der Waals surface area contributed by atoms with Gasteiger partial charge < -0.3 is 15.0 Å². The van der Waals surface area contributed by atoms with E-state index in [0.29, 0.717) is 37.3 Å². The molecule has 0 bridgehead atoms. The van der Waals surface area contributed by atoms with Crippen molar-refractivity contribution in [3.8, 4) is 0 Å². The lowest BCUT2D eigenvalue weighted by Gasteiger charge is -2.36. The maximum atomic E-state index is 13.5. The van der Waals surface area contributed by atoms with Crippen LogP contribution in [-0.2, 0) is 21.1 Å². The summed E-state index contributed by atoms with van der Waals surface area (Å²) in [5.41, 5.74) is 0.301. The Balaban J connectivity index is 1.61. The number of amides is 1. The van der Waals surface area contributed by atoms with E-state index in [9.17, 15) is 18.0 Å². The molecule has 2 saturated heterocycles. The summed E-state index contributed by atoms with van der Waals surface area (Å²) in [7, 11) is 0. The molecule has 4 rings (SSSR count). The number of carbonyl (C=O) groups excluding carboxylic acids is 1. The molecule has 0 saturated carbocycles. The molecule has 0 aliphatic carbocycles. The van der Waals surface area contributed by atoms with Crippen molar-refractivity contribution in [3.63, 3.8) is 0 Å². The zero-order chi connectivity index (χ0) is 21.9. The van der Waals surface area contributed by atoms with Crippen LogP contribution in [0.5, 0.6) is 0 Å². The van der Waals surface area contributed by atoms with E-state index in [0.717, 1.165) is 43.8 Å². The number of hydrogen-bond donors (Lipinski definition) is 1. The smallest absolute Gasteiger partial charge is 0.381 e. The van der Waals surface area contributed by atoms with Crippen LogP contribution in [0, 0.1) is 0 Å². The number of nitrogens with zero attached hydrogens (tertiary/aromatic N) is 1. The summed E-state index contributed by atoms with van der Waals surface area (Å²) in [6.07, 6.45) is -0.251. The lowest BCUT2D eigenvalue weighted by Crippen LogP contribution is -2.45. The fraction of sp³-hybridized carbons (Fsp3) is 0.458. The molecule has 0 unspecified atom stereocenters. The minimum Gasteiger partial charge on any atom is -0.381 e. The first-order valence-corrected chi connectivity index (χ1v) is 10.8. The van der Waals surface area contributed by atoms with Crippen LogP contribution in [0.4, 0.5) is 24.5 Å². The molecule has 2 aliphatic rings. The molecule has 2 aliphatic heterocycles. The van der Waals surface area contributed by atoms with Crippen molar-refractivity contribution in [2.24, 2.45) is 0 Å². The van der Waals surface area contributed by atoms with Gasteiger partial charge in [0, 0.05) is 37.7 Å². The van der Waals surface area contributed by atoms with E-state index in [2.05, 4.69) is 10.2 Å². The van der Waals surface area contributed by atoms with E-state index in [1.807, 2.05) is 24.3 Å². The first-order valence-electron chi connectivity index (χ1n) is 10.8. The van der Waals surface area contributed by atoms with Crippen molar-refractivity contribution in [2.45, 2.75) is 43.7 Å². The second-order valence-corrected chi connectivity index (χ2v) is 8.33. The number of carbonyl (C=O) groups is 1. The molecule has 0 radical (unpaired) electrons. The van der Waals surface area contributed by atoms with Crippen molar-refractivity contribution >= 4 is 17.3 Å². The number of ether oxygens (including phenoxy) is 1. The molecule has 4 nitrogen and oxygen atoms in total. The number of anilines is 2. The molecule has 166 valence electrons. The van der Waals surface area contributed by atoms with Gasteiger partial charge in [0.25, 0.3) is 0 Å². The van der Waals surface area contributed by atoms with Gasteiger partial charge in [0.2, 0.25) is 5.91 Å². The third-order valence-corrected chi connectivity index (χ3v) is 6.35. The molecule has 0 atom stereocenters. The maximum absolute atomic E-state index is 13.5. The van der Waals surface area contributed by atoms with Crippen molar-refractivity contribution in [1.29, 1.82) is 0 Å². The Morgan fingerprint density at radius 1 is 0.968 bits per heavy atom. The van der Waals surface area contributed by atoms with E-state index in [-0.39, 0.29) is 5.91 Å². The van der Waals surface area contributed by atoms with Gasteiger partial charge in [-0.15, -0.1) is 0 Å². The Bertz CT molecular complexity index is 917. The number of alkyl halides is 3. The quantitative estimate of drug-likeness (QED) is 0.705. The third-order valence-electron chi connectivity index (χ3n) is 6.35. The molecule has 1 N–H and O–H groups in total. The summed E-state index contributed by atoms with van der Waals surface area (Å²) in [5, 5.41) is 2.99. The summed E-state index contributed by atoms with van der Waals surface area (Å²) >= 11 is 0. The molecule has 2 aromatic rings. The Kier molecular flexibility index (Phi) is 6.23.